The van der Waals surface area contributed by atoms with Gasteiger partial charge in [-0.2, -0.15) is 5.10 Å². The lowest BCUT2D eigenvalue weighted by Crippen LogP contribution is -2.29. The summed E-state index contributed by atoms with van der Waals surface area (Å²) in [6.45, 7) is 0.554. The number of thiophene rings is 1. The van der Waals surface area contributed by atoms with Gasteiger partial charge in [0.25, 0.3) is 5.56 Å². The number of nitrogens with zero attached hydrogens (tertiary/aromatic N) is 3. The molecule has 0 saturated carbocycles. The molecule has 3 rings (SSSR count). The third-order valence-electron chi connectivity index (χ3n) is 3.80. The lowest BCUT2D eigenvalue weighted by molar-refractivity contribution is -0.129. The van der Waals surface area contributed by atoms with Crippen LogP contribution in [-0.2, 0) is 24.8 Å². The summed E-state index contributed by atoms with van der Waals surface area (Å²) in [5.41, 5.74) is 0.468. The summed E-state index contributed by atoms with van der Waals surface area (Å²) in [5.74, 6) is -0.0316. The van der Waals surface area contributed by atoms with Crippen LogP contribution in [0.1, 0.15) is 10.6 Å². The van der Waals surface area contributed by atoms with Gasteiger partial charge in [-0.1, -0.05) is 18.2 Å². The molecule has 0 radical (unpaired) electrons. The van der Waals surface area contributed by atoms with E-state index in [0.29, 0.717) is 17.6 Å². The van der Waals surface area contributed by atoms with Crippen molar-refractivity contribution in [2.45, 2.75) is 13.0 Å². The number of hydrogen-bond acceptors (Lipinski definition) is 4. The Morgan fingerprint density at radius 3 is 2.62 bits per heavy atom. The molecule has 3 aromatic rings. The summed E-state index contributed by atoms with van der Waals surface area (Å²) in [7, 11) is 3.38. The number of carbonyl (C=O) groups excluding carboxylic acids is 1. The van der Waals surface area contributed by atoms with Crippen LogP contribution in [0.2, 0.25) is 0 Å². The van der Waals surface area contributed by atoms with E-state index in [1.54, 1.807) is 36.4 Å². The number of fused-ring (bicyclic) bond motifs is 1. The average molecular weight is 406 g/mol. The summed E-state index contributed by atoms with van der Waals surface area (Å²) in [6.07, 6.45) is 0.164. The van der Waals surface area contributed by atoms with E-state index < -0.39 is 0 Å². The number of carbonyl (C=O) groups is 1. The number of likely N-dealkylation sites (N-methyl/N-ethyl adjacent to an activating group) is 1. The van der Waals surface area contributed by atoms with Crippen molar-refractivity contribution in [1.82, 2.24) is 14.7 Å². The molecular formula is C17H16BrN3O2S. The van der Waals surface area contributed by atoms with Crippen molar-refractivity contribution < 1.29 is 4.79 Å². The summed E-state index contributed by atoms with van der Waals surface area (Å²) >= 11 is 5.04. The zero-order chi connectivity index (χ0) is 17.3. The highest BCUT2D eigenvalue weighted by Crippen LogP contribution is 2.23. The maximum atomic E-state index is 12.6. The van der Waals surface area contributed by atoms with Gasteiger partial charge in [-0.3, -0.25) is 9.59 Å². The summed E-state index contributed by atoms with van der Waals surface area (Å²) in [5, 5.41) is 5.61. The third-order valence-corrected chi connectivity index (χ3v) is 5.41. The minimum Gasteiger partial charge on any atom is -0.340 e. The first-order chi connectivity index (χ1) is 11.5. The minimum absolute atomic E-state index is 0.0316. The van der Waals surface area contributed by atoms with Crippen LogP contribution in [0.4, 0.5) is 0 Å². The molecule has 0 spiro atoms. The van der Waals surface area contributed by atoms with Crippen LogP contribution in [-0.4, -0.2) is 27.6 Å². The first-order valence-corrected chi connectivity index (χ1v) is 9.00. The zero-order valence-electron chi connectivity index (χ0n) is 13.3. The van der Waals surface area contributed by atoms with E-state index in [1.165, 1.54) is 4.68 Å². The highest BCUT2D eigenvalue weighted by atomic mass is 79.9. The van der Waals surface area contributed by atoms with Gasteiger partial charge in [0.05, 0.1) is 27.8 Å². The number of hydrogen-bond donors (Lipinski definition) is 0. The Labute approximate surface area is 151 Å². The van der Waals surface area contributed by atoms with Crippen molar-refractivity contribution in [3.63, 3.8) is 0 Å². The molecule has 0 N–H and O–H groups in total. The number of aromatic nitrogens is 2. The van der Waals surface area contributed by atoms with Crippen molar-refractivity contribution in [2.24, 2.45) is 7.05 Å². The molecule has 0 aliphatic heterocycles. The molecule has 0 aliphatic rings. The van der Waals surface area contributed by atoms with Crippen LogP contribution in [0, 0.1) is 0 Å². The van der Waals surface area contributed by atoms with E-state index in [-0.39, 0.29) is 17.9 Å². The predicted molar refractivity (Wildman–Crippen MR) is 99.2 cm³/mol. The number of benzene rings is 1. The van der Waals surface area contributed by atoms with Crippen LogP contribution >= 0.6 is 27.3 Å². The van der Waals surface area contributed by atoms with E-state index in [0.717, 1.165) is 14.0 Å². The van der Waals surface area contributed by atoms with E-state index in [9.17, 15) is 9.59 Å². The second kappa shape index (κ2) is 6.86. The number of aryl methyl sites for hydroxylation is 1. The number of halogens is 1. The molecule has 0 fully saturated rings. The predicted octanol–water partition coefficient (Wildman–Crippen LogP) is 2.96. The molecule has 0 atom stereocenters. The van der Waals surface area contributed by atoms with Gasteiger partial charge in [-0.05, 0) is 34.1 Å². The molecule has 2 aromatic heterocycles. The molecule has 0 aliphatic carbocycles. The van der Waals surface area contributed by atoms with Gasteiger partial charge < -0.3 is 4.90 Å². The van der Waals surface area contributed by atoms with Crippen molar-refractivity contribution in [1.29, 1.82) is 0 Å². The summed E-state index contributed by atoms with van der Waals surface area (Å²) < 4.78 is 2.34. The monoisotopic (exact) mass is 405 g/mol. The Morgan fingerprint density at radius 2 is 1.96 bits per heavy atom. The zero-order valence-corrected chi connectivity index (χ0v) is 15.7. The molecule has 124 valence electrons. The largest absolute Gasteiger partial charge is 0.340 e. The Hall–Kier alpha value is -1.99. The van der Waals surface area contributed by atoms with E-state index in [4.69, 9.17) is 0 Å². The fourth-order valence-electron chi connectivity index (χ4n) is 2.54. The van der Waals surface area contributed by atoms with Gasteiger partial charge in [0.1, 0.15) is 0 Å². The van der Waals surface area contributed by atoms with Crippen LogP contribution < -0.4 is 5.56 Å². The second-order valence-electron chi connectivity index (χ2n) is 5.55. The molecule has 1 amide bonds. The fraction of sp³-hybridized carbons (Fsp3) is 0.235. The maximum Gasteiger partial charge on any atom is 0.274 e. The lowest BCUT2D eigenvalue weighted by Gasteiger charge is -2.16. The quantitative estimate of drug-likeness (QED) is 0.670. The molecule has 0 unspecified atom stereocenters. The van der Waals surface area contributed by atoms with E-state index >= 15 is 0 Å². The molecular weight excluding hydrogens is 390 g/mol. The summed E-state index contributed by atoms with van der Waals surface area (Å²) in [6, 6.07) is 11.2. The Balaban J connectivity index is 1.85. The maximum absolute atomic E-state index is 12.6. The van der Waals surface area contributed by atoms with Crippen LogP contribution in [0.15, 0.2) is 45.0 Å². The average Bonchev–Trinajstić information content (AvgIpc) is 2.97. The second-order valence-corrected chi connectivity index (χ2v) is 8.10. The first kappa shape index (κ1) is 16.9. The van der Waals surface area contributed by atoms with Crippen molar-refractivity contribution in [3.8, 4) is 0 Å². The standard InChI is InChI=1S/C17H16BrN3O2S/c1-20(10-11-7-8-15(18)24-11)16(22)9-14-12-5-3-4-6-13(12)17(23)21(2)19-14/h3-8H,9-10H2,1-2H3. The van der Waals surface area contributed by atoms with Crippen LogP contribution in [0.3, 0.4) is 0 Å². The lowest BCUT2D eigenvalue weighted by atomic mass is 10.1. The molecule has 7 heteroatoms. The first-order valence-electron chi connectivity index (χ1n) is 7.39. The molecule has 5 nitrogen and oxygen atoms in total. The Kier molecular flexibility index (Phi) is 4.82. The van der Waals surface area contributed by atoms with Crippen molar-refractivity contribution >= 4 is 43.9 Å². The Bertz CT molecular complexity index is 964. The van der Waals surface area contributed by atoms with Gasteiger partial charge in [0.15, 0.2) is 0 Å². The molecule has 0 bridgehead atoms. The van der Waals surface area contributed by atoms with E-state index in [2.05, 4.69) is 21.0 Å². The third kappa shape index (κ3) is 3.42. The van der Waals surface area contributed by atoms with Crippen molar-refractivity contribution in [3.05, 3.63) is 61.1 Å². The summed E-state index contributed by atoms with van der Waals surface area (Å²) in [4.78, 5) is 27.5. The number of amides is 1. The SMILES string of the molecule is CN(Cc1ccc(Br)s1)C(=O)Cc1nn(C)c(=O)c2ccccc12. The Morgan fingerprint density at radius 1 is 1.25 bits per heavy atom. The van der Waals surface area contributed by atoms with E-state index in [1.807, 2.05) is 30.3 Å². The van der Waals surface area contributed by atoms with Gasteiger partial charge in [-0.25, -0.2) is 4.68 Å². The molecule has 0 saturated heterocycles. The molecule has 24 heavy (non-hydrogen) atoms. The molecule has 1 aromatic carbocycles. The minimum atomic E-state index is -0.154. The van der Waals surface area contributed by atoms with Crippen LogP contribution in [0.25, 0.3) is 10.8 Å². The van der Waals surface area contributed by atoms with Gasteiger partial charge in [-0.15, -0.1) is 11.3 Å². The highest BCUT2D eigenvalue weighted by Gasteiger charge is 2.16. The number of rotatable bonds is 4. The smallest absolute Gasteiger partial charge is 0.274 e. The normalized spacial score (nSPS) is 11.0. The van der Waals surface area contributed by atoms with Gasteiger partial charge >= 0.3 is 0 Å². The van der Waals surface area contributed by atoms with Crippen LogP contribution in [0.5, 0.6) is 0 Å². The van der Waals surface area contributed by atoms with Crippen molar-refractivity contribution in [2.75, 3.05) is 7.05 Å². The van der Waals surface area contributed by atoms with Gasteiger partial charge in [0.2, 0.25) is 5.91 Å². The highest BCUT2D eigenvalue weighted by molar-refractivity contribution is 9.11. The topological polar surface area (TPSA) is 55.2 Å². The van der Waals surface area contributed by atoms with Gasteiger partial charge in [0, 0.05) is 24.4 Å². The fourth-order valence-corrected chi connectivity index (χ4v) is 4.08. The molecule has 2 heterocycles.